The fourth-order valence-electron chi connectivity index (χ4n) is 1.88. The molecule has 2 nitrogen and oxygen atoms in total. The van der Waals surface area contributed by atoms with Crippen molar-refractivity contribution in [1.29, 1.82) is 0 Å². The van der Waals surface area contributed by atoms with Crippen LogP contribution in [0.1, 0.15) is 25.0 Å². The van der Waals surface area contributed by atoms with Crippen LogP contribution < -0.4 is 10.5 Å². The van der Waals surface area contributed by atoms with Crippen molar-refractivity contribution in [3.05, 3.63) is 28.3 Å². The van der Waals surface area contributed by atoms with Gasteiger partial charge in [-0.15, -0.1) is 0 Å². The first kappa shape index (κ1) is 13.1. The van der Waals surface area contributed by atoms with E-state index in [2.05, 4.69) is 0 Å². The van der Waals surface area contributed by atoms with Crippen LogP contribution in [0.15, 0.2) is 12.1 Å². The Hall–Kier alpha value is -0.380. The second kappa shape index (κ2) is 5.09. The van der Waals surface area contributed by atoms with Crippen LogP contribution in [0.25, 0.3) is 0 Å². The van der Waals surface area contributed by atoms with E-state index in [-0.39, 0.29) is 5.54 Å². The van der Waals surface area contributed by atoms with Crippen molar-refractivity contribution in [1.82, 2.24) is 0 Å². The first-order chi connectivity index (χ1) is 7.96. The zero-order chi connectivity index (χ0) is 12.5. The van der Waals surface area contributed by atoms with E-state index in [1.54, 1.807) is 0 Å². The zero-order valence-corrected chi connectivity index (χ0v) is 11.8. The molecule has 0 atom stereocenters. The van der Waals surface area contributed by atoms with E-state index in [9.17, 15) is 0 Å². The Morgan fingerprint density at radius 1 is 1.47 bits per heavy atom. The molecule has 0 saturated carbocycles. The lowest BCUT2D eigenvalue weighted by Gasteiger charge is -2.18. The van der Waals surface area contributed by atoms with Gasteiger partial charge in [-0.2, -0.15) is 11.8 Å². The highest BCUT2D eigenvalue weighted by atomic mass is 35.5. The molecule has 0 fully saturated rings. The molecule has 0 saturated heterocycles. The molecule has 2 rings (SSSR count). The molecule has 0 aromatic heterocycles. The van der Waals surface area contributed by atoms with Gasteiger partial charge in [0.15, 0.2) is 0 Å². The topological polar surface area (TPSA) is 35.2 Å². The van der Waals surface area contributed by atoms with Gasteiger partial charge in [-0.25, -0.2) is 0 Å². The monoisotopic (exact) mass is 271 g/mol. The van der Waals surface area contributed by atoms with E-state index in [1.165, 1.54) is 11.1 Å². The number of halogens is 1. The van der Waals surface area contributed by atoms with Gasteiger partial charge in [0.05, 0.1) is 6.61 Å². The maximum absolute atomic E-state index is 6.11. The summed E-state index contributed by atoms with van der Waals surface area (Å²) >= 11 is 7.93. The Bertz CT molecular complexity index is 415. The number of hydrogen-bond donors (Lipinski definition) is 1. The third-order valence-corrected chi connectivity index (χ3v) is 4.24. The van der Waals surface area contributed by atoms with Crippen molar-refractivity contribution in [2.24, 2.45) is 5.73 Å². The lowest BCUT2D eigenvalue weighted by atomic mass is 10.1. The summed E-state index contributed by atoms with van der Waals surface area (Å²) in [5.41, 5.74) is 8.26. The molecule has 0 radical (unpaired) electrons. The third-order valence-electron chi connectivity index (χ3n) is 2.56. The molecule has 0 aliphatic carbocycles. The summed E-state index contributed by atoms with van der Waals surface area (Å²) in [5.74, 6) is 2.87. The Morgan fingerprint density at radius 2 is 2.24 bits per heavy atom. The Balaban J connectivity index is 2.06. The van der Waals surface area contributed by atoms with Gasteiger partial charge < -0.3 is 10.5 Å². The van der Waals surface area contributed by atoms with Crippen LogP contribution >= 0.6 is 23.4 Å². The van der Waals surface area contributed by atoms with Crippen molar-refractivity contribution < 1.29 is 4.74 Å². The van der Waals surface area contributed by atoms with Gasteiger partial charge in [0.1, 0.15) is 5.75 Å². The summed E-state index contributed by atoms with van der Waals surface area (Å²) in [6.45, 7) is 4.85. The van der Waals surface area contributed by atoms with Crippen LogP contribution in [0.5, 0.6) is 5.75 Å². The Kier molecular flexibility index (Phi) is 3.91. The van der Waals surface area contributed by atoms with Crippen molar-refractivity contribution >= 4 is 23.4 Å². The van der Waals surface area contributed by atoms with E-state index in [1.807, 2.05) is 37.7 Å². The van der Waals surface area contributed by atoms with Crippen molar-refractivity contribution in [2.45, 2.75) is 31.6 Å². The summed E-state index contributed by atoms with van der Waals surface area (Å²) in [6.07, 6.45) is 0.968. The fourth-order valence-corrected chi connectivity index (χ4v) is 3.20. The first-order valence-corrected chi connectivity index (χ1v) is 7.30. The quantitative estimate of drug-likeness (QED) is 0.913. The van der Waals surface area contributed by atoms with Crippen LogP contribution in [-0.4, -0.2) is 17.9 Å². The molecule has 0 amide bonds. The third kappa shape index (κ3) is 3.54. The molecule has 1 heterocycles. The van der Waals surface area contributed by atoms with Crippen LogP contribution in [-0.2, 0) is 12.2 Å². The lowest BCUT2D eigenvalue weighted by molar-refractivity contribution is 0.354. The minimum absolute atomic E-state index is 0.132. The summed E-state index contributed by atoms with van der Waals surface area (Å²) in [5, 5.41) is 0.803. The van der Waals surface area contributed by atoms with Gasteiger partial charge in [-0.1, -0.05) is 11.6 Å². The van der Waals surface area contributed by atoms with E-state index in [4.69, 9.17) is 22.1 Å². The van der Waals surface area contributed by atoms with Crippen LogP contribution in [0.4, 0.5) is 0 Å². The smallest absolute Gasteiger partial charge is 0.126 e. The number of ether oxygens (including phenoxy) is 1. The van der Waals surface area contributed by atoms with Crippen LogP contribution in [0.3, 0.4) is 0 Å². The van der Waals surface area contributed by atoms with Crippen LogP contribution in [0.2, 0.25) is 5.02 Å². The molecule has 1 aliphatic rings. The molecule has 2 N–H and O–H groups in total. The Morgan fingerprint density at radius 3 is 2.94 bits per heavy atom. The highest BCUT2D eigenvalue weighted by Crippen LogP contribution is 2.35. The predicted molar refractivity (Wildman–Crippen MR) is 75.1 cm³/mol. The fraction of sp³-hybridized carbons (Fsp3) is 0.538. The van der Waals surface area contributed by atoms with E-state index in [0.717, 1.165) is 35.3 Å². The molecular formula is C13H18ClNOS. The van der Waals surface area contributed by atoms with Gasteiger partial charge in [0, 0.05) is 34.1 Å². The molecule has 4 heteroatoms. The normalized spacial score (nSPS) is 14.6. The minimum Gasteiger partial charge on any atom is -0.493 e. The first-order valence-electron chi connectivity index (χ1n) is 5.76. The summed E-state index contributed by atoms with van der Waals surface area (Å²) < 4.78 is 5.66. The summed E-state index contributed by atoms with van der Waals surface area (Å²) in [6, 6.07) is 4.01. The van der Waals surface area contributed by atoms with Gasteiger partial charge in [-0.3, -0.25) is 0 Å². The Labute approximate surface area is 112 Å². The average Bonchev–Trinajstić information content (AvgIpc) is 2.63. The standard InChI is InChI=1S/C13H18ClNOS/c1-13(2,15)8-17-7-10-6-11(14)5-9-3-4-16-12(9)10/h5-6H,3-4,7-8,15H2,1-2H3. The lowest BCUT2D eigenvalue weighted by Crippen LogP contribution is -2.34. The van der Waals surface area contributed by atoms with Crippen LogP contribution in [0, 0.1) is 0 Å². The van der Waals surface area contributed by atoms with Gasteiger partial charge in [0.25, 0.3) is 0 Å². The number of fused-ring (bicyclic) bond motifs is 1. The highest BCUT2D eigenvalue weighted by molar-refractivity contribution is 7.98. The van der Waals surface area contributed by atoms with E-state index >= 15 is 0 Å². The van der Waals surface area contributed by atoms with E-state index in [0.29, 0.717) is 0 Å². The molecule has 1 aliphatic heterocycles. The van der Waals surface area contributed by atoms with Crippen molar-refractivity contribution in [2.75, 3.05) is 12.4 Å². The SMILES string of the molecule is CC(C)(N)CSCc1cc(Cl)cc2c1OCC2. The minimum atomic E-state index is -0.132. The number of hydrogen-bond acceptors (Lipinski definition) is 3. The van der Waals surface area contributed by atoms with Gasteiger partial charge >= 0.3 is 0 Å². The second-order valence-electron chi connectivity index (χ2n) is 5.13. The number of rotatable bonds is 4. The molecule has 17 heavy (non-hydrogen) atoms. The maximum atomic E-state index is 6.11. The summed E-state index contributed by atoms with van der Waals surface area (Å²) in [7, 11) is 0. The summed E-state index contributed by atoms with van der Waals surface area (Å²) in [4.78, 5) is 0. The highest BCUT2D eigenvalue weighted by Gasteiger charge is 2.18. The average molecular weight is 272 g/mol. The molecule has 94 valence electrons. The number of nitrogens with two attached hydrogens (primary N) is 1. The number of thioether (sulfide) groups is 1. The molecule has 0 bridgehead atoms. The molecule has 0 spiro atoms. The van der Waals surface area contributed by atoms with Crippen molar-refractivity contribution in [3.8, 4) is 5.75 Å². The molecule has 0 unspecified atom stereocenters. The number of benzene rings is 1. The maximum Gasteiger partial charge on any atom is 0.126 e. The van der Waals surface area contributed by atoms with Crippen molar-refractivity contribution in [3.63, 3.8) is 0 Å². The zero-order valence-electron chi connectivity index (χ0n) is 10.3. The molecule has 1 aromatic carbocycles. The van der Waals surface area contributed by atoms with Gasteiger partial charge in [0.2, 0.25) is 0 Å². The molecular weight excluding hydrogens is 254 g/mol. The predicted octanol–water partition coefficient (Wildman–Crippen LogP) is 3.25. The largest absolute Gasteiger partial charge is 0.493 e. The second-order valence-corrected chi connectivity index (χ2v) is 6.56. The molecule has 1 aromatic rings. The van der Waals surface area contributed by atoms with Gasteiger partial charge in [-0.05, 0) is 31.5 Å². The van der Waals surface area contributed by atoms with E-state index < -0.39 is 0 Å².